The summed E-state index contributed by atoms with van der Waals surface area (Å²) < 4.78 is 5.41. The fourth-order valence-electron chi connectivity index (χ4n) is 3.73. The van der Waals surface area contributed by atoms with Gasteiger partial charge < -0.3 is 20.3 Å². The second-order valence-electron chi connectivity index (χ2n) is 7.29. The molecule has 1 atom stereocenters. The number of hydrogen-bond donors (Lipinski definition) is 3. The van der Waals surface area contributed by atoms with Gasteiger partial charge in [0, 0.05) is 12.5 Å². The molecule has 3 rings (SSSR count). The molecule has 1 aliphatic rings. The number of ether oxygens (including phenoxy) is 1. The molecule has 0 radical (unpaired) electrons. The van der Waals surface area contributed by atoms with E-state index in [4.69, 9.17) is 9.84 Å². The predicted octanol–water partition coefficient (Wildman–Crippen LogP) is 4.09. The Bertz CT molecular complexity index is 862. The average molecular weight is 409 g/mol. The highest BCUT2D eigenvalue weighted by molar-refractivity contribution is 5.81. The van der Waals surface area contributed by atoms with Crippen molar-refractivity contribution in [1.82, 2.24) is 5.32 Å². The second-order valence-corrected chi connectivity index (χ2v) is 7.29. The van der Waals surface area contributed by atoms with Gasteiger partial charge in [0.1, 0.15) is 12.6 Å². The molecule has 1 aliphatic carbocycles. The number of carboxylic acid groups (broad SMARTS) is 1. The molecule has 6 heteroatoms. The number of nitrogens with one attached hydrogen (secondary N) is 1. The summed E-state index contributed by atoms with van der Waals surface area (Å²) in [4.78, 5) is 23.7. The zero-order chi connectivity index (χ0) is 21.3. The Balaban J connectivity index is 1.56. The largest absolute Gasteiger partial charge is 0.480 e. The number of alkyl carbamates (subject to hydrolysis) is 1. The van der Waals surface area contributed by atoms with Gasteiger partial charge in [-0.1, -0.05) is 60.7 Å². The summed E-state index contributed by atoms with van der Waals surface area (Å²) >= 11 is 0. The number of carbonyl (C=O) groups is 2. The number of allylic oxidation sites excluding steroid dienone is 1. The van der Waals surface area contributed by atoms with Crippen molar-refractivity contribution in [1.29, 1.82) is 0 Å². The van der Waals surface area contributed by atoms with Crippen LogP contribution in [0, 0.1) is 0 Å². The molecule has 30 heavy (non-hydrogen) atoms. The van der Waals surface area contributed by atoms with Crippen LogP contribution in [0.1, 0.15) is 42.7 Å². The fourth-order valence-corrected chi connectivity index (χ4v) is 3.73. The van der Waals surface area contributed by atoms with Gasteiger partial charge in [0.05, 0.1) is 0 Å². The number of aliphatic carboxylic acids is 1. The summed E-state index contributed by atoms with van der Waals surface area (Å²) in [6.07, 6.45) is 5.36. The highest BCUT2D eigenvalue weighted by atomic mass is 16.5. The van der Waals surface area contributed by atoms with Gasteiger partial charge in [0.2, 0.25) is 0 Å². The quantitative estimate of drug-likeness (QED) is 0.406. The number of carbonyl (C=O) groups excluding carboxylic acids is 1. The number of fused-ring (bicyclic) bond motifs is 3. The van der Waals surface area contributed by atoms with Gasteiger partial charge >= 0.3 is 12.1 Å². The lowest BCUT2D eigenvalue weighted by Crippen LogP contribution is -2.41. The third kappa shape index (κ3) is 5.27. The van der Waals surface area contributed by atoms with Crippen LogP contribution in [0.4, 0.5) is 4.79 Å². The molecule has 158 valence electrons. The van der Waals surface area contributed by atoms with Crippen LogP contribution >= 0.6 is 0 Å². The highest BCUT2D eigenvalue weighted by Crippen LogP contribution is 2.44. The summed E-state index contributed by atoms with van der Waals surface area (Å²) in [6.45, 7) is 0.290. The number of hydrogen-bond acceptors (Lipinski definition) is 4. The van der Waals surface area contributed by atoms with Crippen molar-refractivity contribution >= 4 is 12.1 Å². The van der Waals surface area contributed by atoms with Gasteiger partial charge in [-0.3, -0.25) is 0 Å². The minimum atomic E-state index is -1.11. The number of unbranched alkanes of at least 4 members (excludes halogenated alkanes) is 2. The van der Waals surface area contributed by atoms with Crippen LogP contribution in [-0.2, 0) is 9.53 Å². The number of aliphatic hydroxyl groups excluding tert-OH is 1. The highest BCUT2D eigenvalue weighted by Gasteiger charge is 2.29. The Morgan fingerprint density at radius 3 is 2.23 bits per heavy atom. The Labute approximate surface area is 176 Å². The number of amides is 1. The van der Waals surface area contributed by atoms with Crippen molar-refractivity contribution < 1.29 is 24.5 Å². The van der Waals surface area contributed by atoms with Crippen molar-refractivity contribution in [2.45, 2.75) is 37.6 Å². The van der Waals surface area contributed by atoms with Crippen LogP contribution in [0.25, 0.3) is 11.1 Å². The SMILES string of the molecule is O=C(NC(C/C=C/CCCCO)C(=O)O)OCC1c2ccccc2-c2ccccc21. The van der Waals surface area contributed by atoms with Crippen molar-refractivity contribution in [3.63, 3.8) is 0 Å². The van der Waals surface area contributed by atoms with E-state index < -0.39 is 18.1 Å². The third-order valence-corrected chi connectivity index (χ3v) is 5.25. The van der Waals surface area contributed by atoms with Gasteiger partial charge in [-0.05, 0) is 47.9 Å². The zero-order valence-corrected chi connectivity index (χ0v) is 16.8. The van der Waals surface area contributed by atoms with Gasteiger partial charge in [-0.2, -0.15) is 0 Å². The Morgan fingerprint density at radius 2 is 1.63 bits per heavy atom. The lowest BCUT2D eigenvalue weighted by Gasteiger charge is -2.16. The lowest BCUT2D eigenvalue weighted by molar-refractivity contribution is -0.139. The van der Waals surface area contributed by atoms with Crippen molar-refractivity contribution in [3.8, 4) is 11.1 Å². The van der Waals surface area contributed by atoms with Gasteiger partial charge in [-0.15, -0.1) is 0 Å². The van der Waals surface area contributed by atoms with Crippen LogP contribution < -0.4 is 5.32 Å². The molecule has 1 amide bonds. The summed E-state index contributed by atoms with van der Waals surface area (Å²) in [6, 6.07) is 15.0. The van der Waals surface area contributed by atoms with E-state index in [1.807, 2.05) is 42.5 Å². The predicted molar refractivity (Wildman–Crippen MR) is 114 cm³/mol. The van der Waals surface area contributed by atoms with E-state index in [9.17, 15) is 14.7 Å². The lowest BCUT2D eigenvalue weighted by atomic mass is 9.98. The van der Waals surface area contributed by atoms with Gasteiger partial charge in [0.15, 0.2) is 0 Å². The topological polar surface area (TPSA) is 95.9 Å². The summed E-state index contributed by atoms with van der Waals surface area (Å²) in [5.74, 6) is -1.18. The first-order valence-electron chi connectivity index (χ1n) is 10.2. The maximum atomic E-state index is 12.3. The minimum absolute atomic E-state index is 0.0714. The monoisotopic (exact) mass is 409 g/mol. The molecule has 2 aromatic carbocycles. The number of carboxylic acids is 1. The van der Waals surface area contributed by atoms with E-state index in [0.717, 1.165) is 35.1 Å². The number of benzene rings is 2. The summed E-state index contributed by atoms with van der Waals surface area (Å²) in [5, 5.41) is 20.6. The summed E-state index contributed by atoms with van der Waals surface area (Å²) in [7, 11) is 0. The van der Waals surface area contributed by atoms with Crippen LogP contribution in [0.15, 0.2) is 60.7 Å². The molecular weight excluding hydrogens is 382 g/mol. The molecular formula is C24H27NO5. The van der Waals surface area contributed by atoms with E-state index in [0.29, 0.717) is 6.42 Å². The molecule has 0 bridgehead atoms. The molecule has 0 saturated heterocycles. The minimum Gasteiger partial charge on any atom is -0.480 e. The number of aliphatic hydroxyl groups is 1. The Morgan fingerprint density at radius 1 is 1.00 bits per heavy atom. The Kier molecular flexibility index (Phi) is 7.63. The maximum absolute atomic E-state index is 12.3. The smallest absolute Gasteiger partial charge is 0.407 e. The average Bonchev–Trinajstić information content (AvgIpc) is 3.07. The molecule has 0 aromatic heterocycles. The molecule has 0 heterocycles. The van der Waals surface area contributed by atoms with Crippen molar-refractivity contribution in [3.05, 3.63) is 71.8 Å². The summed E-state index contributed by atoms with van der Waals surface area (Å²) in [5.41, 5.74) is 4.48. The van der Waals surface area contributed by atoms with Crippen LogP contribution in [0.2, 0.25) is 0 Å². The standard InChI is InChI=1S/C24H27NO5/c26-15-9-3-1-2-4-14-22(23(27)28)25-24(29)30-16-21-19-12-7-5-10-17(19)18-11-6-8-13-20(18)21/h2,4-8,10-13,21-22,26H,1,3,9,14-16H2,(H,25,29)(H,27,28)/b4-2+. The van der Waals surface area contributed by atoms with E-state index in [1.165, 1.54) is 0 Å². The van der Waals surface area contributed by atoms with E-state index in [2.05, 4.69) is 17.4 Å². The molecule has 0 spiro atoms. The first kappa shape index (κ1) is 21.6. The van der Waals surface area contributed by atoms with E-state index in [-0.39, 0.29) is 25.6 Å². The van der Waals surface area contributed by atoms with Crippen molar-refractivity contribution in [2.75, 3.05) is 13.2 Å². The Hall–Kier alpha value is -3.12. The second kappa shape index (κ2) is 10.6. The van der Waals surface area contributed by atoms with Crippen LogP contribution in [0.5, 0.6) is 0 Å². The van der Waals surface area contributed by atoms with Crippen molar-refractivity contribution in [2.24, 2.45) is 0 Å². The van der Waals surface area contributed by atoms with Crippen LogP contribution in [0.3, 0.4) is 0 Å². The van der Waals surface area contributed by atoms with Gasteiger partial charge in [-0.25, -0.2) is 9.59 Å². The molecule has 0 aliphatic heterocycles. The van der Waals surface area contributed by atoms with Gasteiger partial charge in [0.25, 0.3) is 0 Å². The first-order valence-corrected chi connectivity index (χ1v) is 10.2. The first-order chi connectivity index (χ1) is 14.6. The maximum Gasteiger partial charge on any atom is 0.407 e. The third-order valence-electron chi connectivity index (χ3n) is 5.25. The van der Waals surface area contributed by atoms with E-state index >= 15 is 0 Å². The molecule has 0 fully saturated rings. The number of rotatable bonds is 10. The molecule has 6 nitrogen and oxygen atoms in total. The molecule has 1 unspecified atom stereocenters. The molecule has 3 N–H and O–H groups in total. The molecule has 2 aromatic rings. The normalized spacial score (nSPS) is 13.6. The zero-order valence-electron chi connectivity index (χ0n) is 16.8. The fraction of sp³-hybridized carbons (Fsp3) is 0.333. The molecule has 0 saturated carbocycles. The van der Waals surface area contributed by atoms with Crippen LogP contribution in [-0.4, -0.2) is 41.5 Å². The van der Waals surface area contributed by atoms with E-state index in [1.54, 1.807) is 6.08 Å².